The molecule has 114 valence electrons. The molecule has 0 aliphatic heterocycles. The summed E-state index contributed by atoms with van der Waals surface area (Å²) in [6, 6.07) is 11.7. The van der Waals surface area contributed by atoms with Gasteiger partial charge in [0.05, 0.1) is 11.2 Å². The van der Waals surface area contributed by atoms with Crippen molar-refractivity contribution in [1.29, 1.82) is 0 Å². The van der Waals surface area contributed by atoms with E-state index in [0.29, 0.717) is 6.54 Å². The van der Waals surface area contributed by atoms with Crippen molar-refractivity contribution in [2.75, 3.05) is 31.5 Å². The van der Waals surface area contributed by atoms with E-state index in [-0.39, 0.29) is 0 Å². The third-order valence-corrected chi connectivity index (χ3v) is 3.24. The third kappa shape index (κ3) is 3.21. The first-order valence-corrected chi connectivity index (χ1v) is 7.30. The van der Waals surface area contributed by atoms with Gasteiger partial charge in [-0.25, -0.2) is 9.50 Å². The number of hydrogen-bond acceptors (Lipinski definition) is 6. The fraction of sp³-hybridized carbons (Fsp3) is 0.267. The van der Waals surface area contributed by atoms with Crippen LogP contribution in [-0.4, -0.2) is 46.0 Å². The molecule has 3 aromatic rings. The minimum Gasteiger partial charge on any atom is -0.369 e. The van der Waals surface area contributed by atoms with Crippen molar-refractivity contribution < 1.29 is 0 Å². The molecule has 0 bridgehead atoms. The van der Waals surface area contributed by atoms with Crippen LogP contribution < -0.4 is 16.4 Å². The molecule has 7 nitrogen and oxygen atoms in total. The molecule has 0 amide bonds. The minimum absolute atomic E-state index is 0.647. The molecular formula is C15H19N7. The van der Waals surface area contributed by atoms with Gasteiger partial charge in [-0.2, -0.15) is 0 Å². The number of pyridine rings is 2. The first-order chi connectivity index (χ1) is 10.9. The lowest BCUT2D eigenvalue weighted by molar-refractivity contribution is 0.706. The molecule has 0 atom stereocenters. The second-order valence-corrected chi connectivity index (χ2v) is 4.84. The summed E-state index contributed by atoms with van der Waals surface area (Å²) in [6.45, 7) is 3.10. The predicted octanol–water partition coefficient (Wildman–Crippen LogP) is 0.751. The zero-order valence-corrected chi connectivity index (χ0v) is 12.2. The largest absolute Gasteiger partial charge is 0.369 e. The zero-order valence-electron chi connectivity index (χ0n) is 12.2. The highest BCUT2D eigenvalue weighted by Gasteiger charge is 2.09. The van der Waals surface area contributed by atoms with E-state index in [1.807, 2.05) is 42.6 Å². The predicted molar refractivity (Wildman–Crippen MR) is 86.6 cm³/mol. The van der Waals surface area contributed by atoms with Gasteiger partial charge >= 0.3 is 0 Å². The molecule has 0 radical (unpaired) electrons. The molecule has 0 saturated heterocycles. The Bertz CT molecular complexity index is 737. The van der Waals surface area contributed by atoms with Crippen molar-refractivity contribution in [2.45, 2.75) is 0 Å². The number of rotatable bonds is 7. The number of nitrogens with two attached hydrogens (primary N) is 1. The van der Waals surface area contributed by atoms with E-state index < -0.39 is 0 Å². The Morgan fingerprint density at radius 1 is 1.05 bits per heavy atom. The summed E-state index contributed by atoms with van der Waals surface area (Å²) < 4.78 is 1.74. The summed E-state index contributed by atoms with van der Waals surface area (Å²) in [5.74, 6) is 0.823. The van der Waals surface area contributed by atoms with E-state index in [2.05, 4.69) is 25.9 Å². The van der Waals surface area contributed by atoms with Crippen LogP contribution in [0, 0.1) is 0 Å². The summed E-state index contributed by atoms with van der Waals surface area (Å²) in [7, 11) is 0. The summed E-state index contributed by atoms with van der Waals surface area (Å²) in [5, 5.41) is 14.8. The van der Waals surface area contributed by atoms with Crippen molar-refractivity contribution >= 4 is 11.3 Å². The maximum absolute atomic E-state index is 5.43. The van der Waals surface area contributed by atoms with E-state index >= 15 is 0 Å². The van der Waals surface area contributed by atoms with Crippen LogP contribution in [0.15, 0.2) is 42.6 Å². The number of hydrogen-bond donors (Lipinski definition) is 3. The van der Waals surface area contributed by atoms with Crippen LogP contribution in [0.1, 0.15) is 0 Å². The maximum Gasteiger partial charge on any atom is 0.139 e. The lowest BCUT2D eigenvalue weighted by Gasteiger charge is -2.07. The van der Waals surface area contributed by atoms with Crippen molar-refractivity contribution in [2.24, 2.45) is 5.73 Å². The standard InChI is InChI=1S/C15H19N7/c16-7-8-17-9-10-18-14-6-3-4-12(19-14)15-13-5-1-2-11-22(13)21-20-15/h1-6,11,17H,7-10,16H2,(H,18,19). The molecule has 0 fully saturated rings. The second-order valence-electron chi connectivity index (χ2n) is 4.84. The molecule has 0 unspecified atom stereocenters. The van der Waals surface area contributed by atoms with Crippen molar-refractivity contribution in [3.05, 3.63) is 42.6 Å². The normalized spacial score (nSPS) is 11.0. The zero-order chi connectivity index (χ0) is 15.2. The molecule has 3 heterocycles. The van der Waals surface area contributed by atoms with Gasteiger partial charge in [-0.15, -0.1) is 5.10 Å². The number of aromatic nitrogens is 4. The topological polar surface area (TPSA) is 93.2 Å². The molecule has 0 spiro atoms. The molecule has 22 heavy (non-hydrogen) atoms. The van der Waals surface area contributed by atoms with E-state index in [1.54, 1.807) is 4.52 Å². The van der Waals surface area contributed by atoms with Crippen LogP contribution in [0.3, 0.4) is 0 Å². The molecule has 3 aromatic heterocycles. The van der Waals surface area contributed by atoms with Gasteiger partial charge in [0.2, 0.25) is 0 Å². The quantitative estimate of drug-likeness (QED) is 0.557. The van der Waals surface area contributed by atoms with Gasteiger partial charge in [-0.1, -0.05) is 17.3 Å². The first kappa shape index (κ1) is 14.4. The van der Waals surface area contributed by atoms with Gasteiger partial charge < -0.3 is 16.4 Å². The van der Waals surface area contributed by atoms with Gasteiger partial charge in [0.1, 0.15) is 11.5 Å². The average molecular weight is 297 g/mol. The van der Waals surface area contributed by atoms with Crippen LogP contribution in [0.25, 0.3) is 16.9 Å². The van der Waals surface area contributed by atoms with Crippen LogP contribution in [0.2, 0.25) is 0 Å². The Morgan fingerprint density at radius 2 is 2.00 bits per heavy atom. The summed E-state index contributed by atoms with van der Waals surface area (Å²) in [6.07, 6.45) is 1.87. The number of fused-ring (bicyclic) bond motifs is 1. The minimum atomic E-state index is 0.647. The lowest BCUT2D eigenvalue weighted by atomic mass is 10.2. The number of nitrogens with zero attached hydrogens (tertiary/aromatic N) is 4. The molecule has 0 aliphatic carbocycles. The highest BCUT2D eigenvalue weighted by molar-refractivity contribution is 5.74. The van der Waals surface area contributed by atoms with Crippen molar-refractivity contribution in [3.8, 4) is 11.4 Å². The maximum atomic E-state index is 5.43. The van der Waals surface area contributed by atoms with Crippen molar-refractivity contribution in [1.82, 2.24) is 25.1 Å². The molecule has 3 rings (SSSR count). The Labute approximate surface area is 128 Å². The fourth-order valence-electron chi connectivity index (χ4n) is 2.20. The van der Waals surface area contributed by atoms with Crippen LogP contribution in [0.5, 0.6) is 0 Å². The van der Waals surface area contributed by atoms with Gasteiger partial charge in [0.25, 0.3) is 0 Å². The Balaban J connectivity index is 1.74. The molecule has 0 aliphatic rings. The Kier molecular flexibility index (Phi) is 4.57. The van der Waals surface area contributed by atoms with Crippen molar-refractivity contribution in [3.63, 3.8) is 0 Å². The average Bonchev–Trinajstić information content (AvgIpc) is 2.99. The SMILES string of the molecule is NCCNCCNc1cccc(-c2nnn3ccccc23)n1. The van der Waals surface area contributed by atoms with E-state index in [4.69, 9.17) is 5.73 Å². The summed E-state index contributed by atoms with van der Waals surface area (Å²) in [4.78, 5) is 4.60. The van der Waals surface area contributed by atoms with E-state index in [9.17, 15) is 0 Å². The smallest absolute Gasteiger partial charge is 0.139 e. The molecule has 0 aromatic carbocycles. The first-order valence-electron chi connectivity index (χ1n) is 7.30. The molecule has 0 saturated carbocycles. The lowest BCUT2D eigenvalue weighted by Crippen LogP contribution is -2.27. The Morgan fingerprint density at radius 3 is 2.91 bits per heavy atom. The Hall–Kier alpha value is -2.51. The van der Waals surface area contributed by atoms with Gasteiger partial charge in [-0.05, 0) is 24.3 Å². The number of anilines is 1. The van der Waals surface area contributed by atoms with Crippen LogP contribution in [0.4, 0.5) is 5.82 Å². The second kappa shape index (κ2) is 6.97. The molecular weight excluding hydrogens is 278 g/mol. The van der Waals surface area contributed by atoms with E-state index in [1.165, 1.54) is 0 Å². The highest BCUT2D eigenvalue weighted by atomic mass is 15.4. The van der Waals surface area contributed by atoms with Gasteiger partial charge in [0, 0.05) is 32.4 Å². The third-order valence-electron chi connectivity index (χ3n) is 3.24. The fourth-order valence-corrected chi connectivity index (χ4v) is 2.20. The van der Waals surface area contributed by atoms with Gasteiger partial charge in [0.15, 0.2) is 0 Å². The summed E-state index contributed by atoms with van der Waals surface area (Å²) in [5.41, 5.74) is 7.96. The molecule has 7 heteroatoms. The monoisotopic (exact) mass is 297 g/mol. The van der Waals surface area contributed by atoms with E-state index in [0.717, 1.165) is 42.4 Å². The molecule has 4 N–H and O–H groups in total. The summed E-state index contributed by atoms with van der Waals surface area (Å²) >= 11 is 0. The highest BCUT2D eigenvalue weighted by Crippen LogP contribution is 2.21. The number of nitrogens with one attached hydrogen (secondary N) is 2. The van der Waals surface area contributed by atoms with Gasteiger partial charge in [-0.3, -0.25) is 0 Å². The van der Waals surface area contributed by atoms with Crippen LogP contribution >= 0.6 is 0 Å². The van der Waals surface area contributed by atoms with Crippen LogP contribution in [-0.2, 0) is 0 Å².